The lowest BCUT2D eigenvalue weighted by molar-refractivity contribution is 1.34. The first kappa shape index (κ1) is 7.56. The van der Waals surface area contributed by atoms with Crippen molar-refractivity contribution in [2.75, 3.05) is 0 Å². The van der Waals surface area contributed by atoms with Gasteiger partial charge >= 0.3 is 0 Å². The normalized spacial score (nSPS) is 11.2. The van der Waals surface area contributed by atoms with Crippen LogP contribution in [0.2, 0.25) is 0 Å². The van der Waals surface area contributed by atoms with E-state index < -0.39 is 0 Å². The van der Waals surface area contributed by atoms with Crippen molar-refractivity contribution in [3.63, 3.8) is 0 Å². The number of benzene rings is 2. The average Bonchev–Trinajstić information content (AvgIpc) is 2.67. The molecule has 2 nitrogen and oxygen atoms in total. The summed E-state index contributed by atoms with van der Waals surface area (Å²) >= 11 is 0. The van der Waals surface area contributed by atoms with Crippen LogP contribution in [0.25, 0.3) is 21.8 Å². The van der Waals surface area contributed by atoms with Crippen molar-refractivity contribution in [1.29, 1.82) is 0 Å². The second-order valence-electron chi connectivity index (χ2n) is 3.54. The molecule has 1 N–H and O–H groups in total. The van der Waals surface area contributed by atoms with Gasteiger partial charge in [-0.25, -0.2) is 4.98 Å². The number of nitrogens with one attached hydrogen (secondary N) is 1. The van der Waals surface area contributed by atoms with Gasteiger partial charge in [-0.3, -0.25) is 0 Å². The van der Waals surface area contributed by atoms with Crippen molar-refractivity contribution in [2.24, 2.45) is 0 Å². The van der Waals surface area contributed by atoms with Gasteiger partial charge < -0.3 is 4.98 Å². The van der Waals surface area contributed by atoms with Gasteiger partial charge in [-0.1, -0.05) is 24.3 Å². The van der Waals surface area contributed by atoms with Crippen molar-refractivity contribution in [3.8, 4) is 0 Å². The summed E-state index contributed by atoms with van der Waals surface area (Å²) in [4.78, 5) is 7.51. The standard InChI is InChI=1S/C12H10N2/c1-8-6-9-4-2-3-5-10(9)12-11(8)13-7-14-12/h2-7H,1H3,(H,13,14). The lowest BCUT2D eigenvalue weighted by Gasteiger charge is -2.01. The lowest BCUT2D eigenvalue weighted by Crippen LogP contribution is -1.80. The van der Waals surface area contributed by atoms with Gasteiger partial charge in [-0.2, -0.15) is 0 Å². The van der Waals surface area contributed by atoms with E-state index in [0.29, 0.717) is 0 Å². The Labute approximate surface area is 81.6 Å². The molecule has 3 aromatic rings. The number of nitrogens with zero attached hydrogens (tertiary/aromatic N) is 1. The Morgan fingerprint density at radius 2 is 2.07 bits per heavy atom. The number of aromatic amines is 1. The zero-order valence-electron chi connectivity index (χ0n) is 7.91. The SMILES string of the molecule is Cc1cc2ccccc2c2[nH]cnc12. The molecule has 14 heavy (non-hydrogen) atoms. The van der Waals surface area contributed by atoms with E-state index in [0.717, 1.165) is 11.0 Å². The first-order valence-electron chi connectivity index (χ1n) is 4.68. The first-order chi connectivity index (χ1) is 6.86. The van der Waals surface area contributed by atoms with Gasteiger partial charge in [0, 0.05) is 5.39 Å². The van der Waals surface area contributed by atoms with E-state index in [4.69, 9.17) is 0 Å². The zero-order valence-corrected chi connectivity index (χ0v) is 7.91. The summed E-state index contributed by atoms with van der Waals surface area (Å²) < 4.78 is 0. The highest BCUT2D eigenvalue weighted by atomic mass is 14.9. The van der Waals surface area contributed by atoms with E-state index >= 15 is 0 Å². The number of H-pyrrole nitrogens is 1. The van der Waals surface area contributed by atoms with Crippen molar-refractivity contribution in [2.45, 2.75) is 6.92 Å². The van der Waals surface area contributed by atoms with E-state index in [-0.39, 0.29) is 0 Å². The molecule has 0 amide bonds. The van der Waals surface area contributed by atoms with Crippen LogP contribution in [0.5, 0.6) is 0 Å². The molecule has 0 saturated heterocycles. The van der Waals surface area contributed by atoms with E-state index in [1.165, 1.54) is 16.3 Å². The van der Waals surface area contributed by atoms with Crippen LogP contribution >= 0.6 is 0 Å². The van der Waals surface area contributed by atoms with Crippen molar-refractivity contribution in [1.82, 2.24) is 9.97 Å². The second kappa shape index (κ2) is 2.58. The fourth-order valence-corrected chi connectivity index (χ4v) is 1.95. The Bertz CT molecular complexity index is 608. The van der Waals surface area contributed by atoms with E-state index in [2.05, 4.69) is 47.2 Å². The lowest BCUT2D eigenvalue weighted by atomic mass is 10.1. The van der Waals surface area contributed by atoms with Crippen LogP contribution in [0.3, 0.4) is 0 Å². The van der Waals surface area contributed by atoms with Crippen LogP contribution < -0.4 is 0 Å². The molecule has 0 aliphatic rings. The molecule has 68 valence electrons. The summed E-state index contributed by atoms with van der Waals surface area (Å²) in [7, 11) is 0. The quantitative estimate of drug-likeness (QED) is 0.568. The van der Waals surface area contributed by atoms with Gasteiger partial charge in [-0.15, -0.1) is 0 Å². The maximum Gasteiger partial charge on any atom is 0.0932 e. The molecular weight excluding hydrogens is 172 g/mol. The molecule has 0 radical (unpaired) electrons. The minimum absolute atomic E-state index is 1.07. The third-order valence-corrected chi connectivity index (χ3v) is 2.61. The molecule has 0 spiro atoms. The predicted molar refractivity (Wildman–Crippen MR) is 58.3 cm³/mol. The van der Waals surface area contributed by atoms with Gasteiger partial charge in [0.05, 0.1) is 17.4 Å². The second-order valence-corrected chi connectivity index (χ2v) is 3.54. The Morgan fingerprint density at radius 3 is 3.00 bits per heavy atom. The number of hydrogen-bond acceptors (Lipinski definition) is 1. The zero-order chi connectivity index (χ0) is 9.54. The van der Waals surface area contributed by atoms with Crippen LogP contribution in [-0.4, -0.2) is 9.97 Å². The van der Waals surface area contributed by atoms with Gasteiger partial charge in [-0.05, 0) is 23.9 Å². The van der Waals surface area contributed by atoms with E-state index in [9.17, 15) is 0 Å². The Hall–Kier alpha value is -1.83. The van der Waals surface area contributed by atoms with Crippen molar-refractivity contribution in [3.05, 3.63) is 42.2 Å². The largest absolute Gasteiger partial charge is 0.344 e. The van der Waals surface area contributed by atoms with Crippen molar-refractivity contribution >= 4 is 21.8 Å². The minimum atomic E-state index is 1.07. The van der Waals surface area contributed by atoms with E-state index in [1.807, 2.05) is 0 Å². The maximum absolute atomic E-state index is 4.31. The summed E-state index contributed by atoms with van der Waals surface area (Å²) in [5.41, 5.74) is 3.43. The van der Waals surface area contributed by atoms with Gasteiger partial charge in [0.25, 0.3) is 0 Å². The fraction of sp³-hybridized carbons (Fsp3) is 0.0833. The highest BCUT2D eigenvalue weighted by Crippen LogP contribution is 2.25. The number of fused-ring (bicyclic) bond motifs is 3. The van der Waals surface area contributed by atoms with Crippen LogP contribution in [0.15, 0.2) is 36.7 Å². The third kappa shape index (κ3) is 0.880. The highest BCUT2D eigenvalue weighted by Gasteiger charge is 2.04. The predicted octanol–water partition coefficient (Wildman–Crippen LogP) is 3.02. The summed E-state index contributed by atoms with van der Waals surface area (Å²) in [5.74, 6) is 0. The number of hydrogen-bond donors (Lipinski definition) is 1. The van der Waals surface area contributed by atoms with Gasteiger partial charge in [0.15, 0.2) is 0 Å². The highest BCUT2D eigenvalue weighted by molar-refractivity contribution is 6.05. The molecule has 0 aliphatic heterocycles. The molecule has 0 unspecified atom stereocenters. The molecule has 0 atom stereocenters. The summed E-state index contributed by atoms with van der Waals surface area (Å²) in [5, 5.41) is 2.51. The Morgan fingerprint density at radius 1 is 1.21 bits per heavy atom. The van der Waals surface area contributed by atoms with Crippen LogP contribution in [-0.2, 0) is 0 Å². The monoisotopic (exact) mass is 182 g/mol. The third-order valence-electron chi connectivity index (χ3n) is 2.61. The fourth-order valence-electron chi connectivity index (χ4n) is 1.95. The molecule has 1 aromatic heterocycles. The number of aromatic nitrogens is 2. The molecule has 0 aliphatic carbocycles. The molecule has 1 heterocycles. The molecule has 0 saturated carbocycles. The molecule has 2 aromatic carbocycles. The molecule has 2 heteroatoms. The van der Waals surface area contributed by atoms with Crippen LogP contribution in [0, 0.1) is 6.92 Å². The summed E-state index contributed by atoms with van der Waals surface area (Å²) in [6.45, 7) is 2.09. The smallest absolute Gasteiger partial charge is 0.0932 e. The van der Waals surface area contributed by atoms with Crippen molar-refractivity contribution < 1.29 is 0 Å². The number of rotatable bonds is 0. The summed E-state index contributed by atoms with van der Waals surface area (Å²) in [6.07, 6.45) is 1.75. The van der Waals surface area contributed by atoms with E-state index in [1.54, 1.807) is 6.33 Å². The molecular formula is C12H10N2. The Balaban J connectivity index is 2.66. The number of imidazole rings is 1. The minimum Gasteiger partial charge on any atom is -0.344 e. The maximum atomic E-state index is 4.31. The average molecular weight is 182 g/mol. The molecule has 0 bridgehead atoms. The van der Waals surface area contributed by atoms with Gasteiger partial charge in [0.1, 0.15) is 0 Å². The topological polar surface area (TPSA) is 28.7 Å². The summed E-state index contributed by atoms with van der Waals surface area (Å²) in [6, 6.07) is 10.5. The number of aryl methyl sites for hydroxylation is 1. The van der Waals surface area contributed by atoms with Crippen LogP contribution in [0.4, 0.5) is 0 Å². The molecule has 0 fully saturated rings. The molecule has 3 rings (SSSR count). The van der Waals surface area contributed by atoms with Gasteiger partial charge in [0.2, 0.25) is 0 Å². The first-order valence-corrected chi connectivity index (χ1v) is 4.68. The van der Waals surface area contributed by atoms with Crippen LogP contribution in [0.1, 0.15) is 5.56 Å². The Kier molecular flexibility index (Phi) is 1.39.